The van der Waals surface area contributed by atoms with Crippen LogP contribution in [0.15, 0.2) is 12.1 Å². The Bertz CT molecular complexity index is 165. The molecule has 0 aliphatic carbocycles. The summed E-state index contributed by atoms with van der Waals surface area (Å²) in [5.74, 6) is -4.31. The van der Waals surface area contributed by atoms with Gasteiger partial charge in [-0.2, -0.15) is 13.2 Å². The van der Waals surface area contributed by atoms with E-state index in [1.165, 1.54) is 6.92 Å². The van der Waals surface area contributed by atoms with E-state index in [9.17, 15) is 22.0 Å². The van der Waals surface area contributed by atoms with Crippen LogP contribution in [-0.2, 0) is 4.74 Å². The lowest BCUT2D eigenvalue weighted by Gasteiger charge is -2.14. The molecule has 0 fully saturated rings. The molecule has 6 heteroatoms. The molecule has 0 aromatic carbocycles. The average molecular weight is 190 g/mol. The normalized spacial score (nSPS) is 13.8. The fraction of sp³-hybridized carbons (Fsp3) is 0.667. The Morgan fingerprint density at radius 3 is 2.33 bits per heavy atom. The summed E-state index contributed by atoms with van der Waals surface area (Å²) in [6, 6.07) is -1.30. The molecule has 0 bridgehead atoms. The maximum absolute atomic E-state index is 12.0. The van der Waals surface area contributed by atoms with Crippen LogP contribution in [0.25, 0.3) is 0 Å². The summed E-state index contributed by atoms with van der Waals surface area (Å²) in [5, 5.41) is 0. The molecule has 0 aliphatic rings. The van der Waals surface area contributed by atoms with E-state index in [1.807, 2.05) is 0 Å². The second kappa shape index (κ2) is 4.27. The first-order valence-corrected chi connectivity index (χ1v) is 3.00. The molecule has 0 amide bonds. The molecular weight excluding hydrogens is 183 g/mol. The van der Waals surface area contributed by atoms with Crippen molar-refractivity contribution in [2.24, 2.45) is 0 Å². The second-order valence-electron chi connectivity index (χ2n) is 1.94. The van der Waals surface area contributed by atoms with Gasteiger partial charge in [-0.25, -0.2) is 8.78 Å². The van der Waals surface area contributed by atoms with Gasteiger partial charge in [0.25, 0.3) is 6.01 Å². The third kappa shape index (κ3) is 3.54. The highest BCUT2D eigenvalue weighted by atomic mass is 19.3. The van der Waals surface area contributed by atoms with Crippen molar-refractivity contribution in [3.8, 4) is 0 Å². The molecule has 0 saturated heterocycles. The molecule has 0 N–H and O–H groups in total. The van der Waals surface area contributed by atoms with Gasteiger partial charge >= 0.3 is 12.3 Å². The first kappa shape index (κ1) is 11.2. The summed E-state index contributed by atoms with van der Waals surface area (Å²) >= 11 is 0. The number of rotatable bonds is 4. The fourth-order valence-electron chi connectivity index (χ4n) is 0.311. The van der Waals surface area contributed by atoms with E-state index < -0.39 is 25.0 Å². The zero-order valence-corrected chi connectivity index (χ0v) is 6.16. The lowest BCUT2D eigenvalue weighted by atomic mass is 10.4. The van der Waals surface area contributed by atoms with E-state index in [2.05, 4.69) is 4.74 Å². The molecule has 0 heterocycles. The quantitative estimate of drug-likeness (QED) is 0.489. The fourth-order valence-corrected chi connectivity index (χ4v) is 0.311. The molecule has 12 heavy (non-hydrogen) atoms. The van der Waals surface area contributed by atoms with E-state index in [4.69, 9.17) is 0 Å². The zero-order valence-electron chi connectivity index (χ0n) is 6.16. The molecule has 72 valence electrons. The van der Waals surface area contributed by atoms with Gasteiger partial charge in [-0.15, -0.1) is 0 Å². The Labute approximate surface area is 65.8 Å². The minimum Gasteiger partial charge on any atom is -0.464 e. The highest BCUT2D eigenvalue weighted by Gasteiger charge is 2.41. The first-order chi connectivity index (χ1) is 5.40. The van der Waals surface area contributed by atoms with Gasteiger partial charge in [-0.1, -0.05) is 0 Å². The summed E-state index contributed by atoms with van der Waals surface area (Å²) in [5.41, 5.74) is 0. The monoisotopic (exact) mass is 190 g/mol. The third-order valence-electron chi connectivity index (χ3n) is 0.949. The Morgan fingerprint density at radius 1 is 1.50 bits per heavy atom. The van der Waals surface area contributed by atoms with Crippen molar-refractivity contribution in [3.63, 3.8) is 0 Å². The van der Waals surface area contributed by atoms with Crippen LogP contribution in [0.2, 0.25) is 0 Å². The predicted molar refractivity (Wildman–Crippen MR) is 31.8 cm³/mol. The maximum atomic E-state index is 12.0. The zero-order chi connectivity index (χ0) is 9.78. The van der Waals surface area contributed by atoms with Crippen molar-refractivity contribution < 1.29 is 26.7 Å². The molecule has 0 saturated carbocycles. The summed E-state index contributed by atoms with van der Waals surface area (Å²) in [7, 11) is 0. The Balaban J connectivity index is 3.92. The Kier molecular flexibility index (Phi) is 3.99. The number of alkyl halides is 4. The smallest absolute Gasteiger partial charge is 0.340 e. The molecule has 0 rings (SSSR count). The standard InChI is InChI=1S/C6H7F5O/c1-2-4(7)12-3-6(10,11)5(8)9/h2,5H,3H2,1H3. The van der Waals surface area contributed by atoms with Crippen LogP contribution in [0, 0.1) is 0 Å². The molecule has 0 aliphatic heterocycles. The first-order valence-electron chi connectivity index (χ1n) is 3.00. The molecule has 0 aromatic heterocycles. The molecule has 0 atom stereocenters. The summed E-state index contributed by atoms with van der Waals surface area (Å²) < 4.78 is 62.4. The van der Waals surface area contributed by atoms with E-state index in [-0.39, 0.29) is 0 Å². The number of ether oxygens (including phenoxy) is 1. The Hall–Kier alpha value is -0.810. The van der Waals surface area contributed by atoms with E-state index in [0.717, 1.165) is 6.08 Å². The van der Waals surface area contributed by atoms with Crippen molar-refractivity contribution in [2.45, 2.75) is 19.3 Å². The molecular formula is C6H7F5O. The van der Waals surface area contributed by atoms with Gasteiger partial charge in [0.1, 0.15) is 0 Å². The topological polar surface area (TPSA) is 9.23 Å². The molecule has 1 nitrogen and oxygen atoms in total. The van der Waals surface area contributed by atoms with Gasteiger partial charge in [0, 0.05) is 0 Å². The number of halogens is 5. The van der Waals surface area contributed by atoms with Crippen LogP contribution in [0.3, 0.4) is 0 Å². The highest BCUT2D eigenvalue weighted by molar-refractivity contribution is 4.79. The largest absolute Gasteiger partial charge is 0.464 e. The minimum atomic E-state index is -4.31. The summed E-state index contributed by atoms with van der Waals surface area (Å²) in [4.78, 5) is 0. The molecule has 0 radical (unpaired) electrons. The van der Waals surface area contributed by atoms with Crippen LogP contribution in [0.1, 0.15) is 6.92 Å². The highest BCUT2D eigenvalue weighted by Crippen LogP contribution is 2.23. The van der Waals surface area contributed by atoms with Gasteiger partial charge in [0.2, 0.25) is 0 Å². The van der Waals surface area contributed by atoms with Crippen molar-refractivity contribution in [2.75, 3.05) is 6.61 Å². The van der Waals surface area contributed by atoms with Gasteiger partial charge in [-0.3, -0.25) is 0 Å². The minimum absolute atomic E-state index is 0.752. The summed E-state index contributed by atoms with van der Waals surface area (Å²) in [6.07, 6.45) is -3.09. The van der Waals surface area contributed by atoms with Crippen LogP contribution in [0.4, 0.5) is 22.0 Å². The van der Waals surface area contributed by atoms with Gasteiger partial charge < -0.3 is 4.74 Å². The maximum Gasteiger partial charge on any atom is 0.340 e. The van der Waals surface area contributed by atoms with Gasteiger partial charge in [0.15, 0.2) is 6.61 Å². The Morgan fingerprint density at radius 2 is 2.00 bits per heavy atom. The van der Waals surface area contributed by atoms with E-state index in [1.54, 1.807) is 0 Å². The van der Waals surface area contributed by atoms with Crippen LogP contribution in [-0.4, -0.2) is 19.0 Å². The average Bonchev–Trinajstić information content (AvgIpc) is 2.00. The predicted octanol–water partition coefficient (Wildman–Crippen LogP) is 2.73. The SMILES string of the molecule is CC=C(F)OCC(F)(F)C(F)F. The van der Waals surface area contributed by atoms with Crippen molar-refractivity contribution in [1.82, 2.24) is 0 Å². The lowest BCUT2D eigenvalue weighted by Crippen LogP contribution is -2.31. The number of allylic oxidation sites excluding steroid dienone is 1. The van der Waals surface area contributed by atoms with Crippen LogP contribution in [0.5, 0.6) is 0 Å². The number of hydrogen-bond acceptors (Lipinski definition) is 1. The van der Waals surface area contributed by atoms with Crippen LogP contribution < -0.4 is 0 Å². The van der Waals surface area contributed by atoms with Crippen molar-refractivity contribution in [3.05, 3.63) is 12.1 Å². The van der Waals surface area contributed by atoms with Crippen molar-refractivity contribution >= 4 is 0 Å². The second-order valence-corrected chi connectivity index (χ2v) is 1.94. The third-order valence-corrected chi connectivity index (χ3v) is 0.949. The van der Waals surface area contributed by atoms with Gasteiger partial charge in [0.05, 0.1) is 0 Å². The van der Waals surface area contributed by atoms with E-state index >= 15 is 0 Å². The van der Waals surface area contributed by atoms with Crippen LogP contribution >= 0.6 is 0 Å². The lowest BCUT2D eigenvalue weighted by molar-refractivity contribution is -0.161. The van der Waals surface area contributed by atoms with Crippen molar-refractivity contribution in [1.29, 1.82) is 0 Å². The molecule has 0 spiro atoms. The van der Waals surface area contributed by atoms with E-state index in [0.29, 0.717) is 0 Å². The molecule has 0 unspecified atom stereocenters. The van der Waals surface area contributed by atoms with Gasteiger partial charge in [-0.05, 0) is 13.0 Å². The molecule has 0 aromatic rings. The number of hydrogen-bond donors (Lipinski definition) is 0. The summed E-state index contributed by atoms with van der Waals surface area (Å²) in [6.45, 7) is -0.462.